The lowest BCUT2D eigenvalue weighted by atomic mass is 10.0. The minimum Gasteiger partial charge on any atom is -0.326 e. The summed E-state index contributed by atoms with van der Waals surface area (Å²) < 4.78 is 0. The van der Waals surface area contributed by atoms with Gasteiger partial charge in [0.25, 0.3) is 0 Å². The molecule has 0 radical (unpaired) electrons. The van der Waals surface area contributed by atoms with E-state index in [0.717, 1.165) is 29.7 Å². The summed E-state index contributed by atoms with van der Waals surface area (Å²) >= 11 is 0. The van der Waals surface area contributed by atoms with Crippen LogP contribution in [-0.4, -0.2) is 5.91 Å². The Balaban J connectivity index is 2.87. The number of carbonyl (C=O) groups excluding carboxylic acids is 1. The fraction of sp³-hybridized carbons (Fsp3) is 0.500. The lowest BCUT2D eigenvalue weighted by Crippen LogP contribution is -2.17. The fourth-order valence-electron chi connectivity index (χ4n) is 2.10. The SMILES string of the molecule is CCc1cccc(CC)c1NC(=O)CC(C#N)CC. The first-order valence-corrected chi connectivity index (χ1v) is 6.96. The number of rotatable bonds is 6. The van der Waals surface area contributed by atoms with Crippen molar-refractivity contribution in [3.8, 4) is 6.07 Å². The topological polar surface area (TPSA) is 52.9 Å². The Morgan fingerprint density at radius 3 is 2.26 bits per heavy atom. The lowest BCUT2D eigenvalue weighted by Gasteiger charge is -2.15. The van der Waals surface area contributed by atoms with E-state index in [4.69, 9.17) is 5.26 Å². The molecule has 1 rings (SSSR count). The quantitative estimate of drug-likeness (QED) is 0.846. The molecular formula is C16H22N2O. The summed E-state index contributed by atoms with van der Waals surface area (Å²) in [5.74, 6) is -0.261. The van der Waals surface area contributed by atoms with Crippen molar-refractivity contribution in [3.63, 3.8) is 0 Å². The van der Waals surface area contributed by atoms with E-state index in [1.54, 1.807) is 0 Å². The maximum atomic E-state index is 12.0. The summed E-state index contributed by atoms with van der Waals surface area (Å²) in [7, 11) is 0. The van der Waals surface area contributed by atoms with Gasteiger partial charge in [-0.25, -0.2) is 0 Å². The largest absolute Gasteiger partial charge is 0.326 e. The van der Waals surface area contributed by atoms with Crippen LogP contribution < -0.4 is 5.32 Å². The van der Waals surface area contributed by atoms with E-state index < -0.39 is 0 Å². The zero-order valence-corrected chi connectivity index (χ0v) is 12.0. The third-order valence-corrected chi connectivity index (χ3v) is 3.37. The van der Waals surface area contributed by atoms with Gasteiger partial charge in [-0.2, -0.15) is 5.26 Å². The first kappa shape index (κ1) is 15.2. The molecule has 0 saturated heterocycles. The molecule has 0 aliphatic heterocycles. The first-order chi connectivity index (χ1) is 9.15. The Kier molecular flexibility index (Phi) is 6.08. The number of nitriles is 1. The fourth-order valence-corrected chi connectivity index (χ4v) is 2.10. The molecule has 1 aromatic rings. The van der Waals surface area contributed by atoms with E-state index >= 15 is 0 Å². The van der Waals surface area contributed by atoms with Crippen LogP contribution in [0.2, 0.25) is 0 Å². The van der Waals surface area contributed by atoms with E-state index in [1.807, 2.05) is 25.1 Å². The Labute approximate surface area is 115 Å². The molecule has 1 N–H and O–H groups in total. The van der Waals surface area contributed by atoms with Gasteiger partial charge in [0.15, 0.2) is 0 Å². The van der Waals surface area contributed by atoms with E-state index in [-0.39, 0.29) is 18.2 Å². The number of benzene rings is 1. The van der Waals surface area contributed by atoms with E-state index in [1.165, 1.54) is 0 Å². The Morgan fingerprint density at radius 2 is 1.84 bits per heavy atom. The van der Waals surface area contributed by atoms with Crippen molar-refractivity contribution in [3.05, 3.63) is 29.3 Å². The molecule has 0 bridgehead atoms. The van der Waals surface area contributed by atoms with Crippen molar-refractivity contribution in [2.24, 2.45) is 5.92 Å². The average Bonchev–Trinajstić information content (AvgIpc) is 2.44. The van der Waals surface area contributed by atoms with E-state index in [9.17, 15) is 4.79 Å². The van der Waals surface area contributed by atoms with Crippen LogP contribution in [-0.2, 0) is 17.6 Å². The number of anilines is 1. The van der Waals surface area contributed by atoms with Crippen LogP contribution in [0.15, 0.2) is 18.2 Å². The zero-order valence-electron chi connectivity index (χ0n) is 12.0. The van der Waals surface area contributed by atoms with Gasteiger partial charge in [0, 0.05) is 12.1 Å². The molecule has 0 aliphatic rings. The Hall–Kier alpha value is -1.82. The van der Waals surface area contributed by atoms with Crippen molar-refractivity contribution in [2.75, 3.05) is 5.32 Å². The molecule has 0 fully saturated rings. The lowest BCUT2D eigenvalue weighted by molar-refractivity contribution is -0.116. The van der Waals surface area contributed by atoms with Crippen LogP contribution in [0.25, 0.3) is 0 Å². The molecular weight excluding hydrogens is 236 g/mol. The summed E-state index contributed by atoms with van der Waals surface area (Å²) in [6.07, 6.45) is 2.76. The number of carbonyl (C=O) groups is 1. The maximum Gasteiger partial charge on any atom is 0.225 e. The van der Waals surface area contributed by atoms with Gasteiger partial charge in [-0.3, -0.25) is 4.79 Å². The second-order valence-corrected chi connectivity index (χ2v) is 4.64. The van der Waals surface area contributed by atoms with Gasteiger partial charge in [-0.15, -0.1) is 0 Å². The second kappa shape index (κ2) is 7.58. The van der Waals surface area contributed by atoms with E-state index in [2.05, 4.69) is 25.2 Å². The first-order valence-electron chi connectivity index (χ1n) is 6.96. The van der Waals surface area contributed by atoms with Gasteiger partial charge in [-0.05, 0) is 30.4 Å². The van der Waals surface area contributed by atoms with Gasteiger partial charge in [0.05, 0.1) is 12.0 Å². The second-order valence-electron chi connectivity index (χ2n) is 4.64. The van der Waals surface area contributed by atoms with Gasteiger partial charge in [0.1, 0.15) is 0 Å². The smallest absolute Gasteiger partial charge is 0.225 e. The van der Waals surface area contributed by atoms with Gasteiger partial charge in [-0.1, -0.05) is 39.0 Å². The predicted octanol–water partition coefficient (Wildman–Crippen LogP) is 3.69. The molecule has 19 heavy (non-hydrogen) atoms. The van der Waals surface area contributed by atoms with Gasteiger partial charge < -0.3 is 5.32 Å². The summed E-state index contributed by atoms with van der Waals surface area (Å²) in [5, 5.41) is 11.9. The molecule has 102 valence electrons. The van der Waals surface area contributed by atoms with Crippen molar-refractivity contribution in [1.29, 1.82) is 5.26 Å². The molecule has 3 heteroatoms. The number of hydrogen-bond donors (Lipinski definition) is 1. The molecule has 1 amide bonds. The normalized spacial score (nSPS) is 11.7. The number of nitrogens with one attached hydrogen (secondary N) is 1. The predicted molar refractivity (Wildman–Crippen MR) is 77.8 cm³/mol. The highest BCUT2D eigenvalue weighted by Gasteiger charge is 2.14. The standard InChI is InChI=1S/C16H22N2O/c1-4-12(11-17)10-15(19)18-16-13(5-2)8-7-9-14(16)6-3/h7-9,12H,4-6,10H2,1-3H3,(H,18,19). The summed E-state index contributed by atoms with van der Waals surface area (Å²) in [4.78, 5) is 12.0. The number of hydrogen-bond acceptors (Lipinski definition) is 2. The Bertz CT molecular complexity index is 452. The van der Waals surface area contributed by atoms with Crippen molar-refractivity contribution >= 4 is 11.6 Å². The third-order valence-electron chi connectivity index (χ3n) is 3.37. The number of aryl methyl sites for hydroxylation is 2. The monoisotopic (exact) mass is 258 g/mol. The molecule has 1 atom stereocenters. The van der Waals surface area contributed by atoms with Crippen LogP contribution in [0.5, 0.6) is 0 Å². The molecule has 0 aromatic heterocycles. The van der Waals surface area contributed by atoms with Crippen molar-refractivity contribution in [1.82, 2.24) is 0 Å². The highest BCUT2D eigenvalue weighted by molar-refractivity contribution is 5.92. The molecule has 1 unspecified atom stereocenters. The van der Waals surface area contributed by atoms with Crippen molar-refractivity contribution < 1.29 is 4.79 Å². The summed E-state index contributed by atoms with van der Waals surface area (Å²) in [5.41, 5.74) is 3.24. The maximum absolute atomic E-state index is 12.0. The van der Waals surface area contributed by atoms with Crippen LogP contribution in [0.3, 0.4) is 0 Å². The van der Waals surface area contributed by atoms with Gasteiger partial charge in [0.2, 0.25) is 5.91 Å². The highest BCUT2D eigenvalue weighted by Crippen LogP contribution is 2.23. The number of amides is 1. The van der Waals surface area contributed by atoms with E-state index in [0.29, 0.717) is 6.42 Å². The Morgan fingerprint density at radius 1 is 1.26 bits per heavy atom. The molecule has 3 nitrogen and oxygen atoms in total. The summed E-state index contributed by atoms with van der Waals surface area (Å²) in [6, 6.07) is 8.27. The number of nitrogens with zero attached hydrogens (tertiary/aromatic N) is 1. The molecule has 0 heterocycles. The molecule has 0 spiro atoms. The van der Waals surface area contributed by atoms with Gasteiger partial charge >= 0.3 is 0 Å². The molecule has 1 aromatic carbocycles. The van der Waals surface area contributed by atoms with Crippen LogP contribution in [0.1, 0.15) is 44.7 Å². The minimum absolute atomic E-state index is 0.0657. The van der Waals surface area contributed by atoms with Crippen molar-refractivity contribution in [2.45, 2.75) is 46.5 Å². The van der Waals surface area contributed by atoms with Crippen LogP contribution >= 0.6 is 0 Å². The molecule has 0 saturated carbocycles. The highest BCUT2D eigenvalue weighted by atomic mass is 16.1. The zero-order chi connectivity index (χ0) is 14.3. The molecule has 0 aliphatic carbocycles. The third kappa shape index (κ3) is 4.10. The summed E-state index contributed by atoms with van der Waals surface area (Å²) in [6.45, 7) is 6.09. The van der Waals surface area contributed by atoms with Crippen LogP contribution in [0, 0.1) is 17.2 Å². The number of para-hydroxylation sites is 1. The van der Waals surface area contributed by atoms with Crippen LogP contribution in [0.4, 0.5) is 5.69 Å². The average molecular weight is 258 g/mol. The minimum atomic E-state index is -0.195.